The molecule has 0 atom stereocenters. The van der Waals surface area contributed by atoms with E-state index in [1.54, 1.807) is 0 Å². The first kappa shape index (κ1) is 12.2. The second kappa shape index (κ2) is 4.45. The van der Waals surface area contributed by atoms with E-state index in [9.17, 15) is 0 Å². The number of hydrogen-bond acceptors (Lipinski definition) is 2. The van der Waals surface area contributed by atoms with Crippen molar-refractivity contribution in [1.82, 2.24) is 4.98 Å². The molecule has 0 unspecified atom stereocenters. The smallest absolute Gasteiger partial charge is 0.145 e. The molecule has 2 nitrogen and oxygen atoms in total. The monoisotopic (exact) mass is 273 g/mol. The van der Waals surface area contributed by atoms with Crippen LogP contribution in [0.4, 0.5) is 0 Å². The van der Waals surface area contributed by atoms with Crippen LogP contribution in [0.1, 0.15) is 11.1 Å². The quantitative estimate of drug-likeness (QED) is 0.472. The van der Waals surface area contributed by atoms with E-state index in [0.29, 0.717) is 0 Å². The molecule has 0 aliphatic rings. The number of hydrogen-bond donors (Lipinski definition) is 0. The fraction of sp³-hybridized carbons (Fsp3) is 0.105. The minimum atomic E-state index is 0.925. The maximum Gasteiger partial charge on any atom is 0.145 e. The molecule has 4 aromatic rings. The van der Waals surface area contributed by atoms with E-state index >= 15 is 0 Å². The highest BCUT2D eigenvalue weighted by Gasteiger charge is 2.14. The van der Waals surface area contributed by atoms with Gasteiger partial charge >= 0.3 is 0 Å². The molecule has 102 valence electrons. The van der Waals surface area contributed by atoms with Crippen LogP contribution in [0.15, 0.2) is 59.1 Å². The van der Waals surface area contributed by atoms with Crippen molar-refractivity contribution in [3.05, 3.63) is 65.9 Å². The van der Waals surface area contributed by atoms with Gasteiger partial charge in [-0.2, -0.15) is 0 Å². The van der Waals surface area contributed by atoms with Gasteiger partial charge in [-0.15, -0.1) is 0 Å². The number of benzene rings is 2. The molecule has 0 saturated heterocycles. The molecular weight excluding hydrogens is 258 g/mol. The summed E-state index contributed by atoms with van der Waals surface area (Å²) >= 11 is 0. The number of fused-ring (bicyclic) bond motifs is 3. The van der Waals surface area contributed by atoms with Gasteiger partial charge in [-0.3, -0.25) is 4.98 Å². The lowest BCUT2D eigenvalue weighted by molar-refractivity contribution is 0.669. The molecule has 2 aromatic heterocycles. The van der Waals surface area contributed by atoms with Crippen LogP contribution in [0.3, 0.4) is 0 Å². The van der Waals surface area contributed by atoms with Crippen molar-refractivity contribution in [3.8, 4) is 11.3 Å². The summed E-state index contributed by atoms with van der Waals surface area (Å²) in [5, 5.41) is 2.35. The average Bonchev–Trinajstić information content (AvgIpc) is 2.87. The maximum absolute atomic E-state index is 6.12. The summed E-state index contributed by atoms with van der Waals surface area (Å²) in [6.45, 7) is 4.20. The molecule has 0 aliphatic heterocycles. The number of rotatable bonds is 1. The van der Waals surface area contributed by atoms with Crippen LogP contribution in [-0.2, 0) is 0 Å². The van der Waals surface area contributed by atoms with Gasteiger partial charge in [0.25, 0.3) is 0 Å². The molecule has 4 rings (SSSR count). The summed E-state index contributed by atoms with van der Waals surface area (Å²) in [5.74, 6) is 0. The summed E-state index contributed by atoms with van der Waals surface area (Å²) in [4.78, 5) is 4.50. The van der Waals surface area contributed by atoms with Gasteiger partial charge in [0.05, 0.1) is 5.69 Å². The lowest BCUT2D eigenvalue weighted by Gasteiger charge is -2.04. The number of furan rings is 1. The molecule has 0 bridgehead atoms. The molecule has 0 saturated carbocycles. The zero-order valence-corrected chi connectivity index (χ0v) is 12.1. The van der Waals surface area contributed by atoms with E-state index in [2.05, 4.69) is 43.1 Å². The van der Waals surface area contributed by atoms with Crippen molar-refractivity contribution in [2.24, 2.45) is 0 Å². The first-order valence-corrected chi connectivity index (χ1v) is 7.08. The molecular formula is C19H15NO. The van der Waals surface area contributed by atoms with Crippen molar-refractivity contribution in [1.29, 1.82) is 0 Å². The third kappa shape index (κ3) is 1.83. The molecule has 0 aliphatic carbocycles. The average molecular weight is 273 g/mol. The van der Waals surface area contributed by atoms with Gasteiger partial charge in [0.1, 0.15) is 11.2 Å². The minimum absolute atomic E-state index is 0.925. The van der Waals surface area contributed by atoms with E-state index in [-0.39, 0.29) is 0 Å². The van der Waals surface area contributed by atoms with Gasteiger partial charge in [0.15, 0.2) is 0 Å². The van der Waals surface area contributed by atoms with Crippen molar-refractivity contribution in [2.75, 3.05) is 0 Å². The first-order valence-electron chi connectivity index (χ1n) is 7.08. The van der Waals surface area contributed by atoms with Gasteiger partial charge in [0, 0.05) is 22.5 Å². The molecule has 0 N–H and O–H groups in total. The SMILES string of the molecule is Cc1ccnc(-c2ccc(C)c3c2oc2ccccc23)c1. The number of aryl methyl sites for hydroxylation is 2. The Kier molecular flexibility index (Phi) is 2.58. The third-order valence-electron chi connectivity index (χ3n) is 3.93. The fourth-order valence-electron chi connectivity index (χ4n) is 2.88. The highest BCUT2D eigenvalue weighted by molar-refractivity contribution is 6.10. The first-order chi connectivity index (χ1) is 10.2. The highest BCUT2D eigenvalue weighted by Crippen LogP contribution is 2.37. The lowest BCUT2D eigenvalue weighted by Crippen LogP contribution is -1.86. The van der Waals surface area contributed by atoms with E-state index in [0.717, 1.165) is 22.4 Å². The van der Waals surface area contributed by atoms with Gasteiger partial charge in [0.2, 0.25) is 0 Å². The Hall–Kier alpha value is -2.61. The number of para-hydroxylation sites is 1. The van der Waals surface area contributed by atoms with Crippen LogP contribution >= 0.6 is 0 Å². The van der Waals surface area contributed by atoms with Crippen LogP contribution in [0.2, 0.25) is 0 Å². The van der Waals surface area contributed by atoms with Crippen LogP contribution in [0.5, 0.6) is 0 Å². The fourth-order valence-corrected chi connectivity index (χ4v) is 2.88. The van der Waals surface area contributed by atoms with E-state index < -0.39 is 0 Å². The summed E-state index contributed by atoms with van der Waals surface area (Å²) in [6, 6.07) is 16.5. The summed E-state index contributed by atoms with van der Waals surface area (Å²) in [6.07, 6.45) is 1.85. The summed E-state index contributed by atoms with van der Waals surface area (Å²) < 4.78 is 6.12. The number of aromatic nitrogens is 1. The molecule has 0 spiro atoms. The van der Waals surface area contributed by atoms with E-state index in [4.69, 9.17) is 4.42 Å². The molecule has 2 heterocycles. The Balaban J connectivity index is 2.14. The van der Waals surface area contributed by atoms with Crippen LogP contribution < -0.4 is 0 Å². The zero-order valence-electron chi connectivity index (χ0n) is 12.1. The standard InChI is InChI=1S/C19H15NO/c1-12-9-10-20-16(11-12)14-8-7-13(2)18-15-5-3-4-6-17(15)21-19(14)18/h3-11H,1-2H3. The number of nitrogens with zero attached hydrogens (tertiary/aromatic N) is 1. The third-order valence-corrected chi connectivity index (χ3v) is 3.93. The second-order valence-electron chi connectivity index (χ2n) is 5.45. The van der Waals surface area contributed by atoms with E-state index in [1.807, 2.05) is 30.5 Å². The molecule has 0 radical (unpaired) electrons. The maximum atomic E-state index is 6.12. The molecule has 21 heavy (non-hydrogen) atoms. The zero-order chi connectivity index (χ0) is 14.4. The second-order valence-corrected chi connectivity index (χ2v) is 5.45. The van der Waals surface area contributed by atoms with Gasteiger partial charge in [-0.25, -0.2) is 0 Å². The van der Waals surface area contributed by atoms with Gasteiger partial charge in [-0.1, -0.05) is 24.3 Å². The summed E-state index contributed by atoms with van der Waals surface area (Å²) in [5.41, 5.74) is 6.29. The van der Waals surface area contributed by atoms with Crippen LogP contribution in [-0.4, -0.2) is 4.98 Å². The van der Waals surface area contributed by atoms with Crippen LogP contribution in [0, 0.1) is 13.8 Å². The Morgan fingerprint density at radius 2 is 1.81 bits per heavy atom. The normalized spacial score (nSPS) is 11.3. The van der Waals surface area contributed by atoms with Crippen LogP contribution in [0.25, 0.3) is 33.2 Å². The molecule has 0 amide bonds. The molecule has 2 aromatic carbocycles. The van der Waals surface area contributed by atoms with Gasteiger partial charge < -0.3 is 4.42 Å². The predicted molar refractivity (Wildman–Crippen MR) is 86.4 cm³/mol. The van der Waals surface area contributed by atoms with Gasteiger partial charge in [-0.05, 0) is 49.2 Å². The Morgan fingerprint density at radius 1 is 0.952 bits per heavy atom. The largest absolute Gasteiger partial charge is 0.455 e. The highest BCUT2D eigenvalue weighted by atomic mass is 16.3. The Labute approximate surface area is 123 Å². The van der Waals surface area contributed by atoms with Crippen molar-refractivity contribution >= 4 is 21.9 Å². The predicted octanol–water partition coefficient (Wildman–Crippen LogP) is 5.26. The molecule has 2 heteroatoms. The van der Waals surface area contributed by atoms with Crippen molar-refractivity contribution in [2.45, 2.75) is 13.8 Å². The van der Waals surface area contributed by atoms with Crippen molar-refractivity contribution in [3.63, 3.8) is 0 Å². The molecule has 0 fully saturated rings. The summed E-state index contributed by atoms with van der Waals surface area (Å²) in [7, 11) is 0. The number of pyridine rings is 1. The minimum Gasteiger partial charge on any atom is -0.455 e. The lowest BCUT2D eigenvalue weighted by atomic mass is 10.0. The van der Waals surface area contributed by atoms with Crippen molar-refractivity contribution < 1.29 is 4.42 Å². The Bertz CT molecular complexity index is 966. The Morgan fingerprint density at radius 3 is 2.67 bits per heavy atom. The van der Waals surface area contributed by atoms with E-state index in [1.165, 1.54) is 21.9 Å². The topological polar surface area (TPSA) is 26.0 Å².